The molecule has 0 bridgehead atoms. The van der Waals surface area contributed by atoms with Gasteiger partial charge < -0.3 is 5.73 Å². The highest BCUT2D eigenvalue weighted by Crippen LogP contribution is 2.16. The van der Waals surface area contributed by atoms with Gasteiger partial charge in [-0.3, -0.25) is 0 Å². The minimum Gasteiger partial charge on any atom is -0.330 e. The zero-order valence-electron chi connectivity index (χ0n) is 7.64. The van der Waals surface area contributed by atoms with Crippen molar-refractivity contribution < 1.29 is 0 Å². The number of aromatic nitrogens is 2. The SMILES string of the molecule is NCCc1nnc(Cc2ccsc2)s1. The molecule has 74 valence electrons. The van der Waals surface area contributed by atoms with Gasteiger partial charge in [0.25, 0.3) is 0 Å². The molecular formula is C9H11N3S2. The van der Waals surface area contributed by atoms with E-state index < -0.39 is 0 Å². The van der Waals surface area contributed by atoms with Gasteiger partial charge in [-0.15, -0.1) is 21.5 Å². The van der Waals surface area contributed by atoms with Crippen LogP contribution in [0.3, 0.4) is 0 Å². The molecule has 0 fully saturated rings. The van der Waals surface area contributed by atoms with Crippen LogP contribution in [0, 0.1) is 0 Å². The van der Waals surface area contributed by atoms with Gasteiger partial charge in [-0.1, -0.05) is 0 Å². The molecule has 0 saturated heterocycles. The summed E-state index contributed by atoms with van der Waals surface area (Å²) >= 11 is 3.37. The first-order chi connectivity index (χ1) is 6.88. The number of thiophene rings is 1. The predicted molar refractivity (Wildman–Crippen MR) is 59.8 cm³/mol. The Morgan fingerprint density at radius 1 is 1.29 bits per heavy atom. The van der Waals surface area contributed by atoms with Gasteiger partial charge in [0.05, 0.1) is 0 Å². The third-order valence-electron chi connectivity index (χ3n) is 1.80. The Morgan fingerprint density at radius 3 is 2.86 bits per heavy atom. The number of nitrogens with zero attached hydrogens (tertiary/aromatic N) is 2. The lowest BCUT2D eigenvalue weighted by molar-refractivity contribution is 0.898. The van der Waals surface area contributed by atoms with E-state index in [4.69, 9.17) is 5.73 Å². The van der Waals surface area contributed by atoms with Crippen LogP contribution < -0.4 is 5.73 Å². The molecule has 0 spiro atoms. The third kappa shape index (κ3) is 2.37. The fourth-order valence-corrected chi connectivity index (χ4v) is 2.71. The smallest absolute Gasteiger partial charge is 0.121 e. The molecule has 0 aliphatic carbocycles. The Balaban J connectivity index is 2.03. The topological polar surface area (TPSA) is 51.8 Å². The van der Waals surface area contributed by atoms with Crippen LogP contribution in [0.1, 0.15) is 15.6 Å². The molecule has 14 heavy (non-hydrogen) atoms. The lowest BCUT2D eigenvalue weighted by Gasteiger charge is -1.89. The van der Waals surface area contributed by atoms with Crippen LogP contribution >= 0.6 is 22.7 Å². The Labute approximate surface area is 90.6 Å². The standard InChI is InChI=1S/C9H11N3S2/c10-3-1-8-11-12-9(14-8)5-7-2-4-13-6-7/h2,4,6H,1,3,5,10H2. The summed E-state index contributed by atoms with van der Waals surface area (Å²) in [5, 5.41) is 14.5. The molecule has 0 aromatic carbocycles. The third-order valence-corrected chi connectivity index (χ3v) is 3.52. The van der Waals surface area contributed by atoms with Gasteiger partial charge in [-0.05, 0) is 28.9 Å². The van der Waals surface area contributed by atoms with Crippen LogP contribution in [0.2, 0.25) is 0 Å². The summed E-state index contributed by atoms with van der Waals surface area (Å²) in [6.45, 7) is 0.646. The quantitative estimate of drug-likeness (QED) is 0.861. The van der Waals surface area contributed by atoms with Crippen molar-refractivity contribution in [2.45, 2.75) is 12.8 Å². The highest BCUT2D eigenvalue weighted by atomic mass is 32.1. The van der Waals surface area contributed by atoms with E-state index in [1.807, 2.05) is 0 Å². The van der Waals surface area contributed by atoms with Crippen LogP contribution in [0.4, 0.5) is 0 Å². The van der Waals surface area contributed by atoms with E-state index >= 15 is 0 Å². The summed E-state index contributed by atoms with van der Waals surface area (Å²) in [5.41, 5.74) is 6.76. The Kier molecular flexibility index (Phi) is 3.23. The van der Waals surface area contributed by atoms with Crippen LogP contribution in [-0.2, 0) is 12.8 Å². The maximum absolute atomic E-state index is 5.45. The minimum atomic E-state index is 0.646. The fourth-order valence-electron chi connectivity index (χ4n) is 1.15. The number of hydrogen-bond acceptors (Lipinski definition) is 5. The van der Waals surface area contributed by atoms with Crippen molar-refractivity contribution in [1.82, 2.24) is 10.2 Å². The Morgan fingerprint density at radius 2 is 2.14 bits per heavy atom. The second-order valence-corrected chi connectivity index (χ2v) is 4.86. The maximum Gasteiger partial charge on any atom is 0.121 e. The van der Waals surface area contributed by atoms with E-state index in [1.54, 1.807) is 22.7 Å². The number of hydrogen-bond donors (Lipinski definition) is 1. The van der Waals surface area contributed by atoms with Crippen molar-refractivity contribution in [1.29, 1.82) is 0 Å². The predicted octanol–water partition coefficient (Wildman–Crippen LogP) is 1.69. The lowest BCUT2D eigenvalue weighted by Crippen LogP contribution is -2.01. The molecule has 2 aromatic rings. The first-order valence-corrected chi connectivity index (χ1v) is 6.17. The molecule has 2 heterocycles. The molecule has 5 heteroatoms. The van der Waals surface area contributed by atoms with Crippen LogP contribution in [-0.4, -0.2) is 16.7 Å². The summed E-state index contributed by atoms with van der Waals surface area (Å²) in [5.74, 6) is 0. The van der Waals surface area contributed by atoms with E-state index in [2.05, 4.69) is 27.0 Å². The molecule has 0 atom stereocenters. The van der Waals surface area contributed by atoms with E-state index in [9.17, 15) is 0 Å². The summed E-state index contributed by atoms with van der Waals surface area (Å²) in [4.78, 5) is 0. The monoisotopic (exact) mass is 225 g/mol. The Bertz CT molecular complexity index is 380. The molecule has 3 nitrogen and oxygen atoms in total. The first-order valence-electron chi connectivity index (χ1n) is 4.41. The van der Waals surface area contributed by atoms with E-state index in [0.29, 0.717) is 6.54 Å². The molecule has 0 unspecified atom stereocenters. The maximum atomic E-state index is 5.45. The molecule has 0 aliphatic heterocycles. The number of nitrogens with two attached hydrogens (primary N) is 1. The van der Waals surface area contributed by atoms with Gasteiger partial charge in [0, 0.05) is 12.8 Å². The summed E-state index contributed by atoms with van der Waals surface area (Å²) in [7, 11) is 0. The van der Waals surface area contributed by atoms with Crippen molar-refractivity contribution in [2.75, 3.05) is 6.54 Å². The van der Waals surface area contributed by atoms with Gasteiger partial charge in [0.15, 0.2) is 0 Å². The second kappa shape index (κ2) is 4.63. The van der Waals surface area contributed by atoms with Crippen molar-refractivity contribution in [2.24, 2.45) is 5.73 Å². The van der Waals surface area contributed by atoms with Gasteiger partial charge in [0.1, 0.15) is 10.0 Å². The van der Waals surface area contributed by atoms with Gasteiger partial charge in [0.2, 0.25) is 0 Å². The normalized spacial score (nSPS) is 10.6. The van der Waals surface area contributed by atoms with E-state index in [1.165, 1.54) is 5.56 Å². The molecule has 0 aliphatic rings. The molecular weight excluding hydrogens is 214 g/mol. The van der Waals surface area contributed by atoms with Crippen molar-refractivity contribution in [3.8, 4) is 0 Å². The molecule has 0 radical (unpaired) electrons. The highest BCUT2D eigenvalue weighted by Gasteiger charge is 2.04. The van der Waals surface area contributed by atoms with Gasteiger partial charge in [-0.2, -0.15) is 11.3 Å². The van der Waals surface area contributed by atoms with Crippen molar-refractivity contribution in [3.63, 3.8) is 0 Å². The second-order valence-electron chi connectivity index (χ2n) is 2.94. The molecule has 2 aromatic heterocycles. The van der Waals surface area contributed by atoms with Crippen LogP contribution in [0.15, 0.2) is 16.8 Å². The van der Waals surface area contributed by atoms with Gasteiger partial charge in [-0.25, -0.2) is 0 Å². The summed E-state index contributed by atoms with van der Waals surface area (Å²) < 4.78 is 0. The van der Waals surface area contributed by atoms with Crippen LogP contribution in [0.5, 0.6) is 0 Å². The summed E-state index contributed by atoms with van der Waals surface area (Å²) in [6, 6.07) is 2.12. The highest BCUT2D eigenvalue weighted by molar-refractivity contribution is 7.11. The van der Waals surface area contributed by atoms with Crippen LogP contribution in [0.25, 0.3) is 0 Å². The molecule has 2 N–H and O–H groups in total. The minimum absolute atomic E-state index is 0.646. The first kappa shape index (κ1) is 9.76. The summed E-state index contributed by atoms with van der Waals surface area (Å²) in [6.07, 6.45) is 1.73. The molecule has 2 rings (SSSR count). The zero-order chi connectivity index (χ0) is 9.80. The Hall–Kier alpha value is -0.780. The zero-order valence-corrected chi connectivity index (χ0v) is 9.27. The molecule has 0 amide bonds. The van der Waals surface area contributed by atoms with E-state index in [0.717, 1.165) is 22.9 Å². The number of rotatable bonds is 4. The largest absolute Gasteiger partial charge is 0.330 e. The average Bonchev–Trinajstić information content (AvgIpc) is 2.79. The fraction of sp³-hybridized carbons (Fsp3) is 0.333. The molecule has 0 saturated carbocycles. The van der Waals surface area contributed by atoms with Crippen molar-refractivity contribution in [3.05, 3.63) is 32.4 Å². The van der Waals surface area contributed by atoms with Gasteiger partial charge >= 0.3 is 0 Å². The van der Waals surface area contributed by atoms with E-state index in [-0.39, 0.29) is 0 Å². The van der Waals surface area contributed by atoms with Crippen molar-refractivity contribution >= 4 is 22.7 Å². The average molecular weight is 225 g/mol. The lowest BCUT2D eigenvalue weighted by atomic mass is 10.3.